The molecule has 0 aliphatic heterocycles. The Kier molecular flexibility index (Phi) is 6.28. The molecule has 1 amide bonds. The van der Waals surface area contributed by atoms with Crippen molar-refractivity contribution < 1.29 is 14.3 Å². The number of likely N-dealkylation sites (N-methyl/N-ethyl adjacent to an activating group) is 1. The van der Waals surface area contributed by atoms with Gasteiger partial charge >= 0.3 is 0 Å². The van der Waals surface area contributed by atoms with Crippen molar-refractivity contribution >= 4 is 28.3 Å². The van der Waals surface area contributed by atoms with Crippen molar-refractivity contribution in [3.8, 4) is 0 Å². The lowest BCUT2D eigenvalue weighted by Gasteiger charge is -2.22. The second kappa shape index (κ2) is 8.70. The van der Waals surface area contributed by atoms with E-state index in [9.17, 15) is 4.79 Å². The van der Waals surface area contributed by atoms with Gasteiger partial charge in [-0.2, -0.15) is 0 Å². The van der Waals surface area contributed by atoms with Crippen molar-refractivity contribution in [1.29, 1.82) is 0 Å². The SMILES string of the molecule is CCN(CCO)c1ccc(NC(=O)Cc2coc3ccc(C(C)(C)C)cc23)cc1. The van der Waals surface area contributed by atoms with Gasteiger partial charge in [-0.1, -0.05) is 26.8 Å². The number of nitrogens with zero attached hydrogens (tertiary/aromatic N) is 1. The highest BCUT2D eigenvalue weighted by molar-refractivity contribution is 5.95. The summed E-state index contributed by atoms with van der Waals surface area (Å²) in [7, 11) is 0. The molecular weight excluding hydrogens is 364 g/mol. The van der Waals surface area contributed by atoms with Crippen LogP contribution in [-0.4, -0.2) is 30.7 Å². The van der Waals surface area contributed by atoms with Crippen LogP contribution in [0.15, 0.2) is 53.1 Å². The number of carbonyl (C=O) groups is 1. The molecule has 2 aromatic carbocycles. The van der Waals surface area contributed by atoms with Crippen molar-refractivity contribution in [2.24, 2.45) is 0 Å². The second-order valence-electron chi connectivity index (χ2n) is 8.30. The first-order valence-electron chi connectivity index (χ1n) is 10.1. The van der Waals surface area contributed by atoms with E-state index in [1.54, 1.807) is 6.26 Å². The molecule has 3 aromatic rings. The van der Waals surface area contributed by atoms with Crippen LogP contribution < -0.4 is 10.2 Å². The Hall–Kier alpha value is -2.79. The third-order valence-corrected chi connectivity index (χ3v) is 5.14. The summed E-state index contributed by atoms with van der Waals surface area (Å²) in [5.74, 6) is -0.0793. The van der Waals surface area contributed by atoms with Gasteiger partial charge in [0.25, 0.3) is 0 Å². The monoisotopic (exact) mass is 394 g/mol. The standard InChI is InChI=1S/C24H30N2O3/c1-5-26(12-13-27)20-9-7-19(8-10-20)25-23(28)14-17-16-29-22-11-6-18(15-21(17)22)24(2,3)4/h6-11,15-16,27H,5,12-14H2,1-4H3,(H,25,28). The van der Waals surface area contributed by atoms with E-state index < -0.39 is 0 Å². The number of aliphatic hydroxyl groups excluding tert-OH is 1. The van der Waals surface area contributed by atoms with Gasteiger partial charge in [0.1, 0.15) is 5.58 Å². The molecule has 0 radical (unpaired) electrons. The fourth-order valence-electron chi connectivity index (χ4n) is 3.41. The van der Waals surface area contributed by atoms with E-state index in [2.05, 4.69) is 43.1 Å². The molecule has 3 rings (SSSR count). The third-order valence-electron chi connectivity index (χ3n) is 5.14. The fourth-order valence-corrected chi connectivity index (χ4v) is 3.41. The van der Waals surface area contributed by atoms with Gasteiger partial charge in [-0.25, -0.2) is 0 Å². The molecule has 29 heavy (non-hydrogen) atoms. The maximum atomic E-state index is 12.6. The molecule has 154 valence electrons. The second-order valence-corrected chi connectivity index (χ2v) is 8.30. The lowest BCUT2D eigenvalue weighted by Crippen LogP contribution is -2.26. The number of hydrogen-bond donors (Lipinski definition) is 2. The minimum atomic E-state index is -0.0793. The first-order valence-corrected chi connectivity index (χ1v) is 10.1. The highest BCUT2D eigenvalue weighted by Crippen LogP contribution is 2.29. The molecule has 0 atom stereocenters. The maximum Gasteiger partial charge on any atom is 0.228 e. The Morgan fingerprint density at radius 2 is 1.86 bits per heavy atom. The molecule has 5 nitrogen and oxygen atoms in total. The van der Waals surface area contributed by atoms with Crippen LogP contribution in [0.3, 0.4) is 0 Å². The molecule has 0 saturated heterocycles. The van der Waals surface area contributed by atoms with Gasteiger partial charge < -0.3 is 19.7 Å². The van der Waals surface area contributed by atoms with Gasteiger partial charge in [0, 0.05) is 35.4 Å². The van der Waals surface area contributed by atoms with Gasteiger partial charge in [0.2, 0.25) is 5.91 Å². The van der Waals surface area contributed by atoms with E-state index in [0.717, 1.165) is 34.5 Å². The fraction of sp³-hybridized carbons (Fsp3) is 0.375. The van der Waals surface area contributed by atoms with Crippen LogP contribution in [0.1, 0.15) is 38.8 Å². The molecule has 0 bridgehead atoms. The summed E-state index contributed by atoms with van der Waals surface area (Å²) < 4.78 is 5.64. The van der Waals surface area contributed by atoms with E-state index in [1.807, 2.05) is 37.3 Å². The van der Waals surface area contributed by atoms with Crippen LogP contribution in [0.2, 0.25) is 0 Å². The molecule has 0 aliphatic rings. The van der Waals surface area contributed by atoms with Crippen LogP contribution in [0.25, 0.3) is 11.0 Å². The molecule has 2 N–H and O–H groups in total. The first kappa shape index (κ1) is 20.9. The summed E-state index contributed by atoms with van der Waals surface area (Å²) in [5, 5.41) is 13.1. The Bertz CT molecular complexity index is 968. The summed E-state index contributed by atoms with van der Waals surface area (Å²) in [5.41, 5.74) is 4.72. The Labute approximate surface area is 172 Å². The van der Waals surface area contributed by atoms with E-state index >= 15 is 0 Å². The first-order chi connectivity index (χ1) is 13.8. The number of amides is 1. The number of anilines is 2. The summed E-state index contributed by atoms with van der Waals surface area (Å²) >= 11 is 0. The number of fused-ring (bicyclic) bond motifs is 1. The number of rotatable bonds is 7. The summed E-state index contributed by atoms with van der Waals surface area (Å²) in [6.07, 6.45) is 1.93. The number of aliphatic hydroxyl groups is 1. The topological polar surface area (TPSA) is 65.7 Å². The Balaban J connectivity index is 1.71. The van der Waals surface area contributed by atoms with Gasteiger partial charge in [-0.05, 0) is 54.3 Å². The minimum absolute atomic E-state index is 0.0368. The van der Waals surface area contributed by atoms with Crippen LogP contribution in [0, 0.1) is 0 Å². The van der Waals surface area contributed by atoms with Crippen molar-refractivity contribution in [3.05, 3.63) is 59.9 Å². The molecule has 0 fully saturated rings. The largest absolute Gasteiger partial charge is 0.464 e. The van der Waals surface area contributed by atoms with E-state index in [4.69, 9.17) is 9.52 Å². The van der Waals surface area contributed by atoms with E-state index in [-0.39, 0.29) is 24.3 Å². The number of furan rings is 1. The smallest absolute Gasteiger partial charge is 0.228 e. The van der Waals surface area contributed by atoms with Crippen LogP contribution in [0.4, 0.5) is 11.4 Å². The van der Waals surface area contributed by atoms with Crippen molar-refractivity contribution in [2.45, 2.75) is 39.5 Å². The quantitative estimate of drug-likeness (QED) is 0.608. The average molecular weight is 395 g/mol. The van der Waals surface area contributed by atoms with E-state index in [1.165, 1.54) is 5.56 Å². The van der Waals surface area contributed by atoms with E-state index in [0.29, 0.717) is 6.54 Å². The van der Waals surface area contributed by atoms with Crippen molar-refractivity contribution in [3.63, 3.8) is 0 Å². The maximum absolute atomic E-state index is 12.6. The zero-order valence-electron chi connectivity index (χ0n) is 17.7. The average Bonchev–Trinajstić information content (AvgIpc) is 3.08. The van der Waals surface area contributed by atoms with Crippen LogP contribution in [0.5, 0.6) is 0 Å². The van der Waals surface area contributed by atoms with Crippen molar-refractivity contribution in [2.75, 3.05) is 29.9 Å². The Morgan fingerprint density at radius 3 is 2.48 bits per heavy atom. The van der Waals surface area contributed by atoms with Crippen LogP contribution >= 0.6 is 0 Å². The highest BCUT2D eigenvalue weighted by atomic mass is 16.3. The minimum Gasteiger partial charge on any atom is -0.464 e. The molecule has 1 heterocycles. The molecule has 0 saturated carbocycles. The molecule has 0 unspecified atom stereocenters. The third kappa shape index (κ3) is 4.98. The predicted octanol–water partition coefficient (Wildman–Crippen LogP) is 4.73. The Morgan fingerprint density at radius 1 is 1.14 bits per heavy atom. The number of hydrogen-bond acceptors (Lipinski definition) is 4. The molecule has 0 spiro atoms. The summed E-state index contributed by atoms with van der Waals surface area (Å²) in [4.78, 5) is 14.7. The zero-order chi connectivity index (χ0) is 21.0. The highest BCUT2D eigenvalue weighted by Gasteiger charge is 2.17. The van der Waals surface area contributed by atoms with Gasteiger partial charge in [-0.3, -0.25) is 4.79 Å². The van der Waals surface area contributed by atoms with Crippen molar-refractivity contribution in [1.82, 2.24) is 0 Å². The molecule has 5 heteroatoms. The van der Waals surface area contributed by atoms with Gasteiger partial charge in [0.05, 0.1) is 19.3 Å². The van der Waals surface area contributed by atoms with Crippen LogP contribution in [-0.2, 0) is 16.6 Å². The summed E-state index contributed by atoms with van der Waals surface area (Å²) in [6, 6.07) is 13.9. The number of carbonyl (C=O) groups excluding carboxylic acids is 1. The van der Waals surface area contributed by atoms with Gasteiger partial charge in [-0.15, -0.1) is 0 Å². The molecule has 1 aromatic heterocycles. The lowest BCUT2D eigenvalue weighted by molar-refractivity contribution is -0.115. The molecular formula is C24H30N2O3. The number of nitrogens with one attached hydrogen (secondary N) is 1. The van der Waals surface area contributed by atoms with Gasteiger partial charge in [0.15, 0.2) is 0 Å². The zero-order valence-corrected chi connectivity index (χ0v) is 17.7. The lowest BCUT2D eigenvalue weighted by atomic mass is 9.86. The number of benzene rings is 2. The predicted molar refractivity (Wildman–Crippen MR) is 119 cm³/mol. The molecule has 0 aliphatic carbocycles. The summed E-state index contributed by atoms with van der Waals surface area (Å²) in [6.45, 7) is 10.1. The normalized spacial score (nSPS) is 11.6.